The molecule has 1 fully saturated rings. The number of methoxy groups -OCH3 is 1. The molecule has 1 saturated heterocycles. The number of carbonyl (C=O) groups excluding carboxylic acids is 2. The molecule has 1 atom stereocenters. The van der Waals surface area contributed by atoms with Crippen LogP contribution < -0.4 is 10.6 Å². The van der Waals surface area contributed by atoms with Gasteiger partial charge in [-0.2, -0.15) is 0 Å². The van der Waals surface area contributed by atoms with E-state index < -0.39 is 0 Å². The Kier molecular flexibility index (Phi) is 7.73. The van der Waals surface area contributed by atoms with E-state index in [2.05, 4.69) is 27.2 Å². The fourth-order valence-electron chi connectivity index (χ4n) is 3.11. The molecule has 6 heteroatoms. The molecule has 0 aliphatic carbocycles. The summed E-state index contributed by atoms with van der Waals surface area (Å²) in [6.45, 7) is 5.28. The van der Waals surface area contributed by atoms with Gasteiger partial charge in [0.1, 0.15) is 0 Å². The van der Waals surface area contributed by atoms with Crippen LogP contribution >= 0.6 is 0 Å². The van der Waals surface area contributed by atoms with Crippen LogP contribution in [0, 0.1) is 0 Å². The third-order valence-electron chi connectivity index (χ3n) is 4.66. The molecular weight excluding hydrogens is 318 g/mol. The molecular formula is C19H29N3O3. The zero-order valence-corrected chi connectivity index (χ0v) is 15.2. The molecule has 1 heterocycles. The smallest absolute Gasteiger partial charge is 0.337 e. The van der Waals surface area contributed by atoms with Crippen LogP contribution in [0.25, 0.3) is 0 Å². The van der Waals surface area contributed by atoms with E-state index in [9.17, 15) is 9.59 Å². The number of hydrogen-bond donors (Lipinski definition) is 2. The predicted molar refractivity (Wildman–Crippen MR) is 98.9 cm³/mol. The number of amides is 2. The highest BCUT2D eigenvalue weighted by Crippen LogP contribution is 2.16. The minimum atomic E-state index is -0.390. The number of likely N-dealkylation sites (tertiary alicyclic amines) is 1. The molecule has 0 spiro atoms. The standard InChI is InChI=1S/C19H29N3O3/c1-15-7-3-5-13-22(15)14-6-4-12-20-19(24)21-17-10-8-16(9-11-17)18(23)25-2/h8-11,15H,3-7,12-14H2,1-2H3,(H2,20,21,24). The number of rotatable bonds is 7. The maximum absolute atomic E-state index is 11.9. The van der Waals surface area contributed by atoms with Gasteiger partial charge < -0.3 is 20.3 Å². The van der Waals surface area contributed by atoms with Crippen LogP contribution in [-0.2, 0) is 4.74 Å². The van der Waals surface area contributed by atoms with Crippen molar-refractivity contribution in [1.29, 1.82) is 0 Å². The summed E-state index contributed by atoms with van der Waals surface area (Å²) in [5.41, 5.74) is 1.10. The van der Waals surface area contributed by atoms with E-state index in [0.717, 1.165) is 19.4 Å². The number of ether oxygens (including phenoxy) is 1. The molecule has 0 aromatic heterocycles. The lowest BCUT2D eigenvalue weighted by molar-refractivity contribution is 0.0600. The molecule has 138 valence electrons. The van der Waals surface area contributed by atoms with Crippen molar-refractivity contribution in [3.8, 4) is 0 Å². The molecule has 6 nitrogen and oxygen atoms in total. The molecule has 2 N–H and O–H groups in total. The molecule has 1 unspecified atom stereocenters. The summed E-state index contributed by atoms with van der Waals surface area (Å²) in [6, 6.07) is 7.09. The second kappa shape index (κ2) is 10.0. The first-order valence-electron chi connectivity index (χ1n) is 9.07. The van der Waals surface area contributed by atoms with Crippen molar-refractivity contribution in [3.63, 3.8) is 0 Å². The lowest BCUT2D eigenvalue weighted by Crippen LogP contribution is -2.38. The average Bonchev–Trinajstić information content (AvgIpc) is 2.63. The first kappa shape index (κ1) is 19.2. The maximum atomic E-state index is 11.9. The van der Waals surface area contributed by atoms with E-state index in [-0.39, 0.29) is 12.0 Å². The fraction of sp³-hybridized carbons (Fsp3) is 0.579. The number of hydrogen-bond acceptors (Lipinski definition) is 4. The van der Waals surface area contributed by atoms with Crippen LogP contribution in [0.1, 0.15) is 49.4 Å². The summed E-state index contributed by atoms with van der Waals surface area (Å²) in [5.74, 6) is -0.390. The Bertz CT molecular complexity index is 560. The molecule has 1 aromatic carbocycles. The lowest BCUT2D eigenvalue weighted by Gasteiger charge is -2.33. The number of urea groups is 1. The zero-order valence-electron chi connectivity index (χ0n) is 15.2. The van der Waals surface area contributed by atoms with Crippen molar-refractivity contribution in [3.05, 3.63) is 29.8 Å². The van der Waals surface area contributed by atoms with Crippen LogP contribution in [0.15, 0.2) is 24.3 Å². The molecule has 0 radical (unpaired) electrons. The first-order valence-corrected chi connectivity index (χ1v) is 9.07. The number of unbranched alkanes of at least 4 members (excludes halogenated alkanes) is 1. The first-order chi connectivity index (χ1) is 12.1. The van der Waals surface area contributed by atoms with Crippen molar-refractivity contribution >= 4 is 17.7 Å². The normalized spacial score (nSPS) is 17.8. The summed E-state index contributed by atoms with van der Waals surface area (Å²) in [7, 11) is 1.34. The molecule has 2 rings (SSSR count). The summed E-state index contributed by atoms with van der Waals surface area (Å²) in [4.78, 5) is 25.8. The van der Waals surface area contributed by atoms with E-state index >= 15 is 0 Å². The third kappa shape index (κ3) is 6.38. The van der Waals surface area contributed by atoms with Gasteiger partial charge in [0.15, 0.2) is 0 Å². The molecule has 25 heavy (non-hydrogen) atoms. The van der Waals surface area contributed by atoms with E-state index in [1.54, 1.807) is 24.3 Å². The van der Waals surface area contributed by atoms with Gasteiger partial charge in [0.2, 0.25) is 0 Å². The number of benzene rings is 1. The maximum Gasteiger partial charge on any atom is 0.337 e. The van der Waals surface area contributed by atoms with Crippen molar-refractivity contribution in [2.75, 3.05) is 32.1 Å². The quantitative estimate of drug-likeness (QED) is 0.587. The fourth-order valence-corrected chi connectivity index (χ4v) is 3.11. The highest BCUT2D eigenvalue weighted by molar-refractivity contribution is 5.92. The highest BCUT2D eigenvalue weighted by Gasteiger charge is 2.17. The van der Waals surface area contributed by atoms with Gasteiger partial charge in [0.05, 0.1) is 12.7 Å². The Balaban J connectivity index is 1.61. The van der Waals surface area contributed by atoms with E-state index in [0.29, 0.717) is 23.8 Å². The minimum Gasteiger partial charge on any atom is -0.465 e. The van der Waals surface area contributed by atoms with E-state index in [4.69, 9.17) is 0 Å². The molecule has 1 aromatic rings. The van der Waals surface area contributed by atoms with Gasteiger partial charge in [-0.25, -0.2) is 9.59 Å². The van der Waals surface area contributed by atoms with Crippen molar-refractivity contribution < 1.29 is 14.3 Å². The van der Waals surface area contributed by atoms with E-state index in [1.165, 1.54) is 32.9 Å². The molecule has 1 aliphatic rings. The van der Waals surface area contributed by atoms with Gasteiger partial charge in [0.25, 0.3) is 0 Å². The van der Waals surface area contributed by atoms with Crippen LogP contribution in [-0.4, -0.2) is 49.7 Å². The van der Waals surface area contributed by atoms with Gasteiger partial charge in [-0.05, 0) is 70.0 Å². The van der Waals surface area contributed by atoms with Crippen molar-refractivity contribution in [1.82, 2.24) is 10.2 Å². The second-order valence-corrected chi connectivity index (χ2v) is 6.54. The highest BCUT2D eigenvalue weighted by atomic mass is 16.5. The van der Waals surface area contributed by atoms with Crippen LogP contribution in [0.2, 0.25) is 0 Å². The molecule has 0 bridgehead atoms. The zero-order chi connectivity index (χ0) is 18.1. The monoisotopic (exact) mass is 347 g/mol. The molecule has 0 saturated carbocycles. The number of piperidine rings is 1. The van der Waals surface area contributed by atoms with Crippen molar-refractivity contribution in [2.24, 2.45) is 0 Å². The Morgan fingerprint density at radius 2 is 1.96 bits per heavy atom. The number of anilines is 1. The van der Waals surface area contributed by atoms with Gasteiger partial charge in [0, 0.05) is 18.3 Å². The lowest BCUT2D eigenvalue weighted by atomic mass is 10.0. The topological polar surface area (TPSA) is 70.7 Å². The third-order valence-corrected chi connectivity index (χ3v) is 4.66. The number of carbonyl (C=O) groups is 2. The SMILES string of the molecule is COC(=O)c1ccc(NC(=O)NCCCCN2CCCCC2C)cc1. The predicted octanol–water partition coefficient (Wildman–Crippen LogP) is 3.25. The number of esters is 1. The van der Waals surface area contributed by atoms with Crippen LogP contribution in [0.3, 0.4) is 0 Å². The Morgan fingerprint density at radius 3 is 2.64 bits per heavy atom. The van der Waals surface area contributed by atoms with Gasteiger partial charge in [-0.3, -0.25) is 0 Å². The Morgan fingerprint density at radius 1 is 1.20 bits per heavy atom. The van der Waals surface area contributed by atoms with Crippen molar-refractivity contribution in [2.45, 2.75) is 45.1 Å². The number of nitrogens with zero attached hydrogens (tertiary/aromatic N) is 1. The second-order valence-electron chi connectivity index (χ2n) is 6.54. The summed E-state index contributed by atoms with van der Waals surface area (Å²) < 4.78 is 4.64. The van der Waals surface area contributed by atoms with Gasteiger partial charge in [-0.15, -0.1) is 0 Å². The Hall–Kier alpha value is -2.08. The van der Waals surface area contributed by atoms with E-state index in [1.807, 2.05) is 0 Å². The summed E-state index contributed by atoms with van der Waals surface area (Å²) in [5, 5.41) is 5.63. The number of nitrogens with one attached hydrogen (secondary N) is 2. The Labute approximate surface area is 149 Å². The largest absolute Gasteiger partial charge is 0.465 e. The summed E-state index contributed by atoms with van der Waals surface area (Å²) in [6.07, 6.45) is 6.02. The van der Waals surface area contributed by atoms with Gasteiger partial charge in [-0.1, -0.05) is 6.42 Å². The minimum absolute atomic E-state index is 0.225. The van der Waals surface area contributed by atoms with Gasteiger partial charge >= 0.3 is 12.0 Å². The molecule has 1 aliphatic heterocycles. The molecule has 2 amide bonds. The average molecular weight is 347 g/mol. The van der Waals surface area contributed by atoms with Crippen LogP contribution in [0.4, 0.5) is 10.5 Å². The van der Waals surface area contributed by atoms with Crippen LogP contribution in [0.5, 0.6) is 0 Å². The summed E-state index contributed by atoms with van der Waals surface area (Å²) >= 11 is 0.